The number of hydrogen-bond donors (Lipinski definition) is 2. The number of fused-ring (bicyclic) bond motifs is 1. The Kier molecular flexibility index (Phi) is 5.59. The fourth-order valence-corrected chi connectivity index (χ4v) is 3.06. The van der Waals surface area contributed by atoms with Gasteiger partial charge in [-0.2, -0.15) is 0 Å². The zero-order chi connectivity index (χ0) is 22.0. The molecule has 0 bridgehead atoms. The molecule has 3 aromatic rings. The number of carbonyl (C=O) groups excluding carboxylic acids is 2. The SMILES string of the molecule is O=C(NC(=O)c1c(F)cccc1F)Nc1ccc2c(c1)COC(c1ccccc1F)O2. The first-order valence-corrected chi connectivity index (χ1v) is 9.14. The number of carbonyl (C=O) groups is 2. The number of ether oxygens (including phenoxy) is 2. The van der Waals surface area contributed by atoms with E-state index in [0.717, 1.165) is 18.2 Å². The van der Waals surface area contributed by atoms with Crippen LogP contribution in [0.25, 0.3) is 0 Å². The number of amides is 3. The van der Waals surface area contributed by atoms with Crippen LogP contribution in [-0.2, 0) is 11.3 Å². The molecule has 0 spiro atoms. The fraction of sp³-hybridized carbons (Fsp3) is 0.0909. The molecule has 0 aromatic heterocycles. The number of imide groups is 1. The summed E-state index contributed by atoms with van der Waals surface area (Å²) in [4.78, 5) is 24.1. The highest BCUT2D eigenvalue weighted by Gasteiger charge is 2.25. The van der Waals surface area contributed by atoms with Crippen LogP contribution in [-0.4, -0.2) is 11.9 Å². The number of anilines is 1. The Bertz CT molecular complexity index is 1150. The first-order chi connectivity index (χ1) is 14.9. The summed E-state index contributed by atoms with van der Waals surface area (Å²) >= 11 is 0. The Labute approximate surface area is 174 Å². The van der Waals surface area contributed by atoms with Crippen molar-refractivity contribution in [3.8, 4) is 5.75 Å². The number of halogens is 3. The zero-order valence-corrected chi connectivity index (χ0v) is 15.8. The van der Waals surface area contributed by atoms with Gasteiger partial charge in [-0.25, -0.2) is 18.0 Å². The predicted octanol–water partition coefficient (Wildman–Crippen LogP) is 4.67. The van der Waals surface area contributed by atoms with E-state index in [1.807, 2.05) is 5.32 Å². The van der Waals surface area contributed by atoms with Crippen LogP contribution in [0.3, 0.4) is 0 Å². The molecule has 1 atom stereocenters. The number of hydrogen-bond acceptors (Lipinski definition) is 4. The molecule has 0 fully saturated rings. The minimum Gasteiger partial charge on any atom is -0.460 e. The monoisotopic (exact) mass is 428 g/mol. The van der Waals surface area contributed by atoms with E-state index in [1.165, 1.54) is 12.1 Å². The molecule has 9 heteroatoms. The third-order valence-electron chi connectivity index (χ3n) is 4.52. The predicted molar refractivity (Wildman–Crippen MR) is 104 cm³/mol. The molecule has 31 heavy (non-hydrogen) atoms. The van der Waals surface area contributed by atoms with Crippen molar-refractivity contribution in [2.24, 2.45) is 0 Å². The maximum absolute atomic E-state index is 13.9. The normalized spacial score (nSPS) is 14.9. The van der Waals surface area contributed by atoms with Crippen molar-refractivity contribution in [2.75, 3.05) is 5.32 Å². The third-order valence-corrected chi connectivity index (χ3v) is 4.52. The molecule has 4 rings (SSSR count). The fourth-order valence-electron chi connectivity index (χ4n) is 3.06. The number of rotatable bonds is 3. The summed E-state index contributed by atoms with van der Waals surface area (Å²) in [5, 5.41) is 4.26. The Morgan fingerprint density at radius 2 is 1.61 bits per heavy atom. The van der Waals surface area contributed by atoms with Crippen LogP contribution in [0.5, 0.6) is 5.75 Å². The molecule has 3 aromatic carbocycles. The second-order valence-electron chi connectivity index (χ2n) is 6.61. The minimum absolute atomic E-state index is 0.0881. The molecule has 1 unspecified atom stereocenters. The van der Waals surface area contributed by atoms with E-state index in [2.05, 4.69) is 5.32 Å². The number of urea groups is 1. The second kappa shape index (κ2) is 8.49. The average molecular weight is 428 g/mol. The van der Waals surface area contributed by atoms with E-state index in [4.69, 9.17) is 9.47 Å². The molecule has 6 nitrogen and oxygen atoms in total. The van der Waals surface area contributed by atoms with Gasteiger partial charge in [0.05, 0.1) is 12.2 Å². The molecule has 158 valence electrons. The Balaban J connectivity index is 1.43. The number of benzene rings is 3. The van der Waals surface area contributed by atoms with Gasteiger partial charge in [-0.1, -0.05) is 18.2 Å². The van der Waals surface area contributed by atoms with Gasteiger partial charge in [-0.15, -0.1) is 0 Å². The highest BCUT2D eigenvalue weighted by molar-refractivity contribution is 6.08. The van der Waals surface area contributed by atoms with Gasteiger partial charge in [0.1, 0.15) is 28.8 Å². The van der Waals surface area contributed by atoms with Crippen molar-refractivity contribution in [2.45, 2.75) is 12.9 Å². The minimum atomic E-state index is -1.22. The van der Waals surface area contributed by atoms with Crippen LogP contribution in [0.15, 0.2) is 60.7 Å². The highest BCUT2D eigenvalue weighted by atomic mass is 19.1. The van der Waals surface area contributed by atoms with Crippen LogP contribution in [0.1, 0.15) is 27.8 Å². The molecule has 0 radical (unpaired) electrons. The summed E-state index contributed by atoms with van der Waals surface area (Å²) in [6, 6.07) is 12.6. The Hall–Kier alpha value is -3.85. The Morgan fingerprint density at radius 3 is 2.35 bits per heavy atom. The summed E-state index contributed by atoms with van der Waals surface area (Å²) in [6.45, 7) is 0.0881. The summed E-state index contributed by atoms with van der Waals surface area (Å²) < 4.78 is 52.5. The van der Waals surface area contributed by atoms with Gasteiger partial charge < -0.3 is 14.8 Å². The van der Waals surface area contributed by atoms with E-state index in [0.29, 0.717) is 11.3 Å². The summed E-state index contributed by atoms with van der Waals surface area (Å²) in [5.41, 5.74) is 0.268. The largest absolute Gasteiger partial charge is 0.460 e. The van der Waals surface area contributed by atoms with Gasteiger partial charge >= 0.3 is 6.03 Å². The second-order valence-corrected chi connectivity index (χ2v) is 6.61. The van der Waals surface area contributed by atoms with Crippen LogP contribution in [0.2, 0.25) is 0 Å². The maximum Gasteiger partial charge on any atom is 0.326 e. The van der Waals surface area contributed by atoms with Crippen LogP contribution in [0.4, 0.5) is 23.7 Å². The zero-order valence-electron chi connectivity index (χ0n) is 15.8. The Morgan fingerprint density at radius 1 is 0.903 bits per heavy atom. The molecule has 0 saturated heterocycles. The van der Waals surface area contributed by atoms with Gasteiger partial charge in [0, 0.05) is 11.3 Å². The van der Waals surface area contributed by atoms with Crippen molar-refractivity contribution < 1.29 is 32.2 Å². The third kappa shape index (κ3) is 4.36. The van der Waals surface area contributed by atoms with Crippen molar-refractivity contribution in [1.82, 2.24) is 5.32 Å². The molecule has 0 saturated carbocycles. The van der Waals surface area contributed by atoms with E-state index in [9.17, 15) is 22.8 Å². The molecule has 1 aliphatic heterocycles. The average Bonchev–Trinajstić information content (AvgIpc) is 2.73. The molecule has 0 aliphatic carbocycles. The van der Waals surface area contributed by atoms with Gasteiger partial charge in [-0.05, 0) is 42.5 Å². The molecule has 1 heterocycles. The lowest BCUT2D eigenvalue weighted by atomic mass is 10.1. The van der Waals surface area contributed by atoms with Crippen LogP contribution in [0, 0.1) is 17.5 Å². The van der Waals surface area contributed by atoms with Gasteiger partial charge in [0.25, 0.3) is 5.91 Å². The quantitative estimate of drug-likeness (QED) is 0.636. The van der Waals surface area contributed by atoms with E-state index < -0.39 is 41.2 Å². The van der Waals surface area contributed by atoms with Crippen molar-refractivity contribution in [1.29, 1.82) is 0 Å². The first kappa shape index (κ1) is 20.4. The molecular formula is C22H15F3N2O4. The van der Waals surface area contributed by atoms with Gasteiger partial charge in [0.15, 0.2) is 0 Å². The lowest BCUT2D eigenvalue weighted by molar-refractivity contribution is -0.113. The van der Waals surface area contributed by atoms with Crippen molar-refractivity contribution in [3.63, 3.8) is 0 Å². The smallest absolute Gasteiger partial charge is 0.326 e. The van der Waals surface area contributed by atoms with E-state index in [-0.39, 0.29) is 17.9 Å². The highest BCUT2D eigenvalue weighted by Crippen LogP contribution is 2.35. The lowest BCUT2D eigenvalue weighted by Crippen LogP contribution is -2.35. The van der Waals surface area contributed by atoms with Gasteiger partial charge in [0.2, 0.25) is 6.29 Å². The van der Waals surface area contributed by atoms with Gasteiger partial charge in [-0.3, -0.25) is 10.1 Å². The number of nitrogens with one attached hydrogen (secondary N) is 2. The molecule has 2 N–H and O–H groups in total. The van der Waals surface area contributed by atoms with E-state index >= 15 is 0 Å². The first-order valence-electron chi connectivity index (χ1n) is 9.14. The molecule has 1 aliphatic rings. The standard InChI is InChI=1S/C22H15F3N2O4/c23-15-5-2-1-4-14(15)21-30-11-12-10-13(8-9-18(12)31-21)26-22(29)27-20(28)19-16(24)6-3-7-17(19)25/h1-10,21H,11H2,(H2,26,27,28,29). The van der Waals surface area contributed by atoms with Crippen LogP contribution >= 0.6 is 0 Å². The van der Waals surface area contributed by atoms with E-state index in [1.54, 1.807) is 30.3 Å². The summed E-state index contributed by atoms with van der Waals surface area (Å²) in [5.74, 6) is -3.40. The molecule has 3 amide bonds. The van der Waals surface area contributed by atoms with Crippen molar-refractivity contribution >= 4 is 17.6 Å². The van der Waals surface area contributed by atoms with Crippen molar-refractivity contribution in [3.05, 3.63) is 94.8 Å². The van der Waals surface area contributed by atoms with Crippen LogP contribution < -0.4 is 15.4 Å². The summed E-state index contributed by atoms with van der Waals surface area (Å²) in [6.07, 6.45) is -0.913. The lowest BCUT2D eigenvalue weighted by Gasteiger charge is -2.27. The molecular weight excluding hydrogens is 413 g/mol. The topological polar surface area (TPSA) is 76.7 Å². The summed E-state index contributed by atoms with van der Waals surface area (Å²) in [7, 11) is 0. The maximum atomic E-state index is 13.9.